The van der Waals surface area contributed by atoms with E-state index in [4.69, 9.17) is 0 Å². The van der Waals surface area contributed by atoms with Crippen molar-refractivity contribution < 1.29 is 15.0 Å². The molecule has 0 aromatic heterocycles. The zero-order chi connectivity index (χ0) is 55.5. The van der Waals surface area contributed by atoms with Gasteiger partial charge in [0, 0.05) is 6.42 Å². The standard InChI is InChI=1S/C73H131NO3/c1-3-5-7-9-11-13-15-17-19-21-23-25-27-29-30-31-32-33-34-35-36-37-38-39-40-41-42-43-44-45-47-49-51-53-55-57-59-61-63-65-67-69-73(77)74-71(70-75)72(76)68-66-64-62-60-58-56-54-52-50-48-46-28-26-24-22-20-18-16-14-12-10-8-6-4-2/h5,7,11,13,17,19,23,25,29-30,32-33,35-36,38-39,71-72,75-76H,3-4,6,8-10,12,14-16,18,20-22,24,26-28,31,34,37,40-70H2,1-2H3,(H,74,77)/b7-5-,13-11-,19-17-,25-23-,30-29-,33-32-,36-35-,39-38-. The number of nitrogens with one attached hydrogen (secondary N) is 1. The number of hydrogen-bond donors (Lipinski definition) is 3. The molecule has 0 aromatic rings. The molecule has 0 rings (SSSR count). The third-order valence-electron chi connectivity index (χ3n) is 15.4. The van der Waals surface area contributed by atoms with Crippen LogP contribution in [0, 0.1) is 0 Å². The van der Waals surface area contributed by atoms with Gasteiger partial charge in [0.15, 0.2) is 0 Å². The molecule has 446 valence electrons. The first-order valence-corrected chi connectivity index (χ1v) is 33.9. The molecule has 0 aliphatic carbocycles. The van der Waals surface area contributed by atoms with Crippen LogP contribution in [0.2, 0.25) is 0 Å². The number of hydrogen-bond acceptors (Lipinski definition) is 3. The second-order valence-electron chi connectivity index (χ2n) is 22.9. The average molecular weight is 1070 g/mol. The van der Waals surface area contributed by atoms with Crippen molar-refractivity contribution in [2.24, 2.45) is 0 Å². The topological polar surface area (TPSA) is 69.6 Å². The van der Waals surface area contributed by atoms with Crippen molar-refractivity contribution >= 4 is 5.91 Å². The van der Waals surface area contributed by atoms with Crippen LogP contribution in [0.15, 0.2) is 97.2 Å². The highest BCUT2D eigenvalue weighted by Gasteiger charge is 2.20. The molecule has 0 aliphatic rings. The van der Waals surface area contributed by atoms with Gasteiger partial charge in [-0.1, -0.05) is 355 Å². The van der Waals surface area contributed by atoms with Crippen LogP contribution < -0.4 is 5.32 Å². The molecule has 0 radical (unpaired) electrons. The molecule has 0 aliphatic heterocycles. The van der Waals surface area contributed by atoms with Gasteiger partial charge in [-0.25, -0.2) is 0 Å². The molecular formula is C73H131NO3. The summed E-state index contributed by atoms with van der Waals surface area (Å²) in [4.78, 5) is 12.6. The van der Waals surface area contributed by atoms with Crippen LogP contribution >= 0.6 is 0 Å². The first kappa shape index (κ1) is 74.3. The lowest BCUT2D eigenvalue weighted by atomic mass is 10.0. The summed E-state index contributed by atoms with van der Waals surface area (Å²) < 4.78 is 0. The molecule has 0 aromatic carbocycles. The Morgan fingerprint density at radius 3 is 0.857 bits per heavy atom. The smallest absolute Gasteiger partial charge is 0.220 e. The molecule has 0 heterocycles. The lowest BCUT2D eigenvalue weighted by molar-refractivity contribution is -0.123. The molecule has 1 amide bonds. The van der Waals surface area contributed by atoms with E-state index in [0.717, 1.165) is 77.0 Å². The maximum Gasteiger partial charge on any atom is 0.220 e. The van der Waals surface area contributed by atoms with Crippen molar-refractivity contribution in [1.29, 1.82) is 0 Å². The molecule has 0 saturated carbocycles. The van der Waals surface area contributed by atoms with Gasteiger partial charge in [0.05, 0.1) is 18.8 Å². The lowest BCUT2D eigenvalue weighted by Gasteiger charge is -2.22. The fraction of sp³-hybridized carbons (Fsp3) is 0.767. The fourth-order valence-corrected chi connectivity index (χ4v) is 10.3. The number of rotatable bonds is 62. The predicted octanol–water partition coefficient (Wildman–Crippen LogP) is 23.2. The summed E-state index contributed by atoms with van der Waals surface area (Å²) in [5.74, 6) is -0.0288. The quantitative estimate of drug-likeness (QED) is 0.0420. The van der Waals surface area contributed by atoms with Crippen LogP contribution in [0.25, 0.3) is 0 Å². The van der Waals surface area contributed by atoms with E-state index in [1.807, 2.05) is 0 Å². The fourth-order valence-electron chi connectivity index (χ4n) is 10.3. The molecule has 0 fully saturated rings. The minimum absolute atomic E-state index is 0.0288. The van der Waals surface area contributed by atoms with E-state index in [2.05, 4.69) is 116 Å². The van der Waals surface area contributed by atoms with Gasteiger partial charge in [-0.15, -0.1) is 0 Å². The molecule has 4 heteroatoms. The van der Waals surface area contributed by atoms with Crippen LogP contribution in [-0.4, -0.2) is 34.9 Å². The van der Waals surface area contributed by atoms with Gasteiger partial charge in [-0.2, -0.15) is 0 Å². The third-order valence-corrected chi connectivity index (χ3v) is 15.4. The van der Waals surface area contributed by atoms with Gasteiger partial charge in [0.2, 0.25) is 5.91 Å². The number of carbonyl (C=O) groups excluding carboxylic acids is 1. The molecule has 0 spiro atoms. The Hall–Kier alpha value is -2.69. The molecule has 2 atom stereocenters. The van der Waals surface area contributed by atoms with Crippen LogP contribution in [0.3, 0.4) is 0 Å². The number of unbranched alkanes of at least 4 members (excludes halogenated alkanes) is 39. The summed E-state index contributed by atoms with van der Waals surface area (Å²) in [7, 11) is 0. The van der Waals surface area contributed by atoms with Gasteiger partial charge < -0.3 is 15.5 Å². The molecule has 0 bridgehead atoms. The predicted molar refractivity (Wildman–Crippen MR) is 345 cm³/mol. The second-order valence-corrected chi connectivity index (χ2v) is 22.9. The molecule has 77 heavy (non-hydrogen) atoms. The molecule has 2 unspecified atom stereocenters. The SMILES string of the molecule is CC/C=C\C/C=C\C/C=C\C/C=C\C/C=C\C/C=C\C/C=C\C/C=C\CCCCCCCCCCCCCCCCCCC(=O)NC(CO)C(O)CCCCCCCCCCCCCCCCCCCCCCCCCC. The number of amides is 1. The molecular weight excluding hydrogens is 939 g/mol. The van der Waals surface area contributed by atoms with E-state index in [0.29, 0.717) is 12.8 Å². The van der Waals surface area contributed by atoms with E-state index in [1.54, 1.807) is 0 Å². The zero-order valence-electron chi connectivity index (χ0n) is 51.5. The van der Waals surface area contributed by atoms with E-state index in [1.165, 1.54) is 238 Å². The normalized spacial score (nSPS) is 13.4. The van der Waals surface area contributed by atoms with E-state index < -0.39 is 12.1 Å². The van der Waals surface area contributed by atoms with Gasteiger partial charge in [0.25, 0.3) is 0 Å². The first-order valence-electron chi connectivity index (χ1n) is 33.9. The van der Waals surface area contributed by atoms with Crippen molar-refractivity contribution in [2.75, 3.05) is 6.61 Å². The summed E-state index contributed by atoms with van der Waals surface area (Å²) in [6.45, 7) is 4.27. The van der Waals surface area contributed by atoms with Gasteiger partial charge >= 0.3 is 0 Å². The maximum absolute atomic E-state index is 12.6. The second kappa shape index (κ2) is 67.6. The van der Waals surface area contributed by atoms with Crippen LogP contribution in [0.1, 0.15) is 341 Å². The van der Waals surface area contributed by atoms with Gasteiger partial charge in [-0.05, 0) is 77.0 Å². The van der Waals surface area contributed by atoms with Crippen LogP contribution in [0.4, 0.5) is 0 Å². The van der Waals surface area contributed by atoms with Crippen molar-refractivity contribution in [3.05, 3.63) is 97.2 Å². The Labute approximate surface area is 481 Å². The summed E-state index contributed by atoms with van der Waals surface area (Å²) in [5, 5.41) is 23.4. The summed E-state index contributed by atoms with van der Waals surface area (Å²) in [5.41, 5.74) is 0. The van der Waals surface area contributed by atoms with Crippen LogP contribution in [-0.2, 0) is 4.79 Å². The van der Waals surface area contributed by atoms with E-state index in [9.17, 15) is 15.0 Å². The number of carbonyl (C=O) groups is 1. The third kappa shape index (κ3) is 64.0. The zero-order valence-corrected chi connectivity index (χ0v) is 51.5. The number of aliphatic hydroxyl groups is 2. The van der Waals surface area contributed by atoms with E-state index in [-0.39, 0.29) is 12.5 Å². The van der Waals surface area contributed by atoms with Crippen molar-refractivity contribution in [1.82, 2.24) is 5.32 Å². The number of allylic oxidation sites excluding steroid dienone is 16. The Bertz CT molecular complexity index is 1400. The Morgan fingerprint density at radius 2 is 0.571 bits per heavy atom. The van der Waals surface area contributed by atoms with Crippen molar-refractivity contribution in [3.63, 3.8) is 0 Å². The van der Waals surface area contributed by atoms with Crippen molar-refractivity contribution in [2.45, 2.75) is 353 Å². The Balaban J connectivity index is 3.47. The monoisotopic (exact) mass is 1070 g/mol. The molecule has 0 saturated heterocycles. The molecule has 4 nitrogen and oxygen atoms in total. The van der Waals surface area contributed by atoms with Gasteiger partial charge in [0.1, 0.15) is 0 Å². The molecule has 3 N–H and O–H groups in total. The maximum atomic E-state index is 12.6. The summed E-state index contributed by atoms with van der Waals surface area (Å²) in [6.07, 6.45) is 100. The highest BCUT2D eigenvalue weighted by Crippen LogP contribution is 2.18. The lowest BCUT2D eigenvalue weighted by Crippen LogP contribution is -2.45. The highest BCUT2D eigenvalue weighted by molar-refractivity contribution is 5.76. The van der Waals surface area contributed by atoms with Crippen LogP contribution in [0.5, 0.6) is 0 Å². The minimum Gasteiger partial charge on any atom is -0.394 e. The summed E-state index contributed by atoms with van der Waals surface area (Å²) in [6, 6.07) is -0.541. The van der Waals surface area contributed by atoms with Gasteiger partial charge in [-0.3, -0.25) is 4.79 Å². The number of aliphatic hydroxyl groups excluding tert-OH is 2. The van der Waals surface area contributed by atoms with Crippen molar-refractivity contribution in [3.8, 4) is 0 Å². The highest BCUT2D eigenvalue weighted by atomic mass is 16.3. The first-order chi connectivity index (χ1) is 38.2. The van der Waals surface area contributed by atoms with E-state index >= 15 is 0 Å². The average Bonchev–Trinajstić information content (AvgIpc) is 3.43. The Kier molecular flexibility index (Phi) is 65.2. The Morgan fingerprint density at radius 1 is 0.325 bits per heavy atom. The minimum atomic E-state index is -0.664. The largest absolute Gasteiger partial charge is 0.394 e. The summed E-state index contributed by atoms with van der Waals surface area (Å²) >= 11 is 0.